The molecule has 1 heterocycles. The summed E-state index contributed by atoms with van der Waals surface area (Å²) in [5.41, 5.74) is 0.259. The number of hydrogen-bond acceptors (Lipinski definition) is 6. The van der Waals surface area contributed by atoms with E-state index in [1.807, 2.05) is 0 Å². The van der Waals surface area contributed by atoms with Crippen molar-refractivity contribution in [3.05, 3.63) is 0 Å². The van der Waals surface area contributed by atoms with Gasteiger partial charge >= 0.3 is 6.01 Å². The maximum absolute atomic E-state index is 5.17. The lowest BCUT2D eigenvalue weighted by Gasteiger charge is -2.39. The Morgan fingerprint density at radius 1 is 1.19 bits per heavy atom. The Balaban J connectivity index is 2.14. The molecular weight excluding hydrogens is 266 g/mol. The molecule has 0 bridgehead atoms. The van der Waals surface area contributed by atoms with Gasteiger partial charge < -0.3 is 15.4 Å². The number of nitrogens with zero attached hydrogens (tertiary/aromatic N) is 3. The maximum Gasteiger partial charge on any atom is 0.322 e. The lowest BCUT2D eigenvalue weighted by Crippen LogP contribution is -2.39. The van der Waals surface area contributed by atoms with Crippen LogP contribution in [-0.2, 0) is 0 Å². The molecule has 1 aromatic rings. The lowest BCUT2D eigenvalue weighted by atomic mass is 9.73. The molecule has 1 unspecified atom stereocenters. The van der Waals surface area contributed by atoms with Gasteiger partial charge in [0.05, 0.1) is 7.11 Å². The number of nitrogens with one attached hydrogen (secondary N) is 2. The topological polar surface area (TPSA) is 72.0 Å². The van der Waals surface area contributed by atoms with E-state index in [1.165, 1.54) is 19.3 Å². The fourth-order valence-corrected chi connectivity index (χ4v) is 2.75. The molecule has 0 saturated heterocycles. The summed E-state index contributed by atoms with van der Waals surface area (Å²) in [6.07, 6.45) is 5.96. The van der Waals surface area contributed by atoms with Gasteiger partial charge in [0.25, 0.3) is 0 Å². The third-order valence-corrected chi connectivity index (χ3v) is 4.14. The molecule has 6 heteroatoms. The molecular formula is C15H27N5O. The average Bonchev–Trinajstić information content (AvgIpc) is 2.47. The van der Waals surface area contributed by atoms with E-state index >= 15 is 0 Å². The van der Waals surface area contributed by atoms with Gasteiger partial charge in [0.2, 0.25) is 11.9 Å². The zero-order valence-corrected chi connectivity index (χ0v) is 13.6. The van der Waals surface area contributed by atoms with Gasteiger partial charge in [0.15, 0.2) is 0 Å². The minimum atomic E-state index is 0.259. The van der Waals surface area contributed by atoms with Crippen molar-refractivity contribution in [3.63, 3.8) is 0 Å². The van der Waals surface area contributed by atoms with Crippen molar-refractivity contribution in [1.82, 2.24) is 15.0 Å². The van der Waals surface area contributed by atoms with E-state index in [0.717, 1.165) is 19.4 Å². The fraction of sp³-hybridized carbons (Fsp3) is 0.800. The molecule has 1 atom stereocenters. The van der Waals surface area contributed by atoms with E-state index in [2.05, 4.69) is 46.4 Å². The van der Waals surface area contributed by atoms with Crippen molar-refractivity contribution >= 4 is 11.9 Å². The van der Waals surface area contributed by atoms with Crippen LogP contribution in [0, 0.1) is 5.41 Å². The largest absolute Gasteiger partial charge is 0.467 e. The monoisotopic (exact) mass is 293 g/mol. The minimum absolute atomic E-state index is 0.259. The van der Waals surface area contributed by atoms with Crippen LogP contribution in [0.5, 0.6) is 6.01 Å². The number of ether oxygens (including phenoxy) is 1. The van der Waals surface area contributed by atoms with Gasteiger partial charge in [-0.15, -0.1) is 0 Å². The van der Waals surface area contributed by atoms with E-state index in [1.54, 1.807) is 7.11 Å². The van der Waals surface area contributed by atoms with Gasteiger partial charge in [0, 0.05) is 12.6 Å². The highest BCUT2D eigenvalue weighted by molar-refractivity contribution is 5.37. The van der Waals surface area contributed by atoms with Gasteiger partial charge in [-0.2, -0.15) is 15.0 Å². The Bertz CT molecular complexity index is 463. The van der Waals surface area contributed by atoms with E-state index in [9.17, 15) is 0 Å². The molecule has 0 aromatic carbocycles. The summed E-state index contributed by atoms with van der Waals surface area (Å²) in [6, 6.07) is 0.733. The standard InChI is InChI=1S/C15H27N5O/c1-5-10-16-12-18-13(20-14(19-12)21-4)17-11-8-6-7-9-15(11,2)3/h11H,5-10H2,1-4H3,(H2,16,17,18,19,20). The van der Waals surface area contributed by atoms with Crippen molar-refractivity contribution in [2.45, 2.75) is 58.9 Å². The molecule has 1 saturated carbocycles. The minimum Gasteiger partial charge on any atom is -0.467 e. The molecule has 2 rings (SSSR count). The summed E-state index contributed by atoms with van der Waals surface area (Å²) in [5, 5.41) is 6.67. The van der Waals surface area contributed by atoms with E-state index in [0.29, 0.717) is 23.9 Å². The molecule has 1 fully saturated rings. The molecule has 0 spiro atoms. The molecule has 21 heavy (non-hydrogen) atoms. The quantitative estimate of drug-likeness (QED) is 0.840. The third-order valence-electron chi connectivity index (χ3n) is 4.14. The van der Waals surface area contributed by atoms with Gasteiger partial charge in [0.1, 0.15) is 0 Å². The molecule has 0 radical (unpaired) electrons. The Labute approximate surface area is 127 Å². The van der Waals surface area contributed by atoms with Crippen LogP contribution in [-0.4, -0.2) is 34.6 Å². The predicted molar refractivity (Wildman–Crippen MR) is 84.8 cm³/mol. The average molecular weight is 293 g/mol. The molecule has 1 aliphatic carbocycles. The highest BCUT2D eigenvalue weighted by Crippen LogP contribution is 2.36. The number of aromatic nitrogens is 3. The van der Waals surface area contributed by atoms with Crippen LogP contribution in [0.4, 0.5) is 11.9 Å². The summed E-state index contributed by atoms with van der Waals surface area (Å²) in [7, 11) is 1.58. The highest BCUT2D eigenvalue weighted by atomic mass is 16.5. The maximum atomic E-state index is 5.17. The molecule has 0 aliphatic heterocycles. The summed E-state index contributed by atoms with van der Waals surface area (Å²) in [6.45, 7) is 7.55. The fourth-order valence-electron chi connectivity index (χ4n) is 2.75. The Hall–Kier alpha value is -1.59. The lowest BCUT2D eigenvalue weighted by molar-refractivity contribution is 0.216. The number of methoxy groups -OCH3 is 1. The molecule has 118 valence electrons. The second kappa shape index (κ2) is 6.91. The van der Waals surface area contributed by atoms with E-state index in [-0.39, 0.29) is 5.41 Å². The van der Waals surface area contributed by atoms with Crippen LogP contribution < -0.4 is 15.4 Å². The zero-order chi connectivity index (χ0) is 15.3. The zero-order valence-electron chi connectivity index (χ0n) is 13.6. The van der Waals surface area contributed by atoms with E-state index < -0.39 is 0 Å². The van der Waals surface area contributed by atoms with Crippen molar-refractivity contribution in [3.8, 4) is 6.01 Å². The number of anilines is 2. The normalized spacial score (nSPS) is 20.9. The van der Waals surface area contributed by atoms with Crippen molar-refractivity contribution in [2.24, 2.45) is 5.41 Å². The van der Waals surface area contributed by atoms with Crippen LogP contribution >= 0.6 is 0 Å². The Morgan fingerprint density at radius 3 is 2.62 bits per heavy atom. The van der Waals surface area contributed by atoms with Gasteiger partial charge in [-0.3, -0.25) is 0 Å². The Kier molecular flexibility index (Phi) is 5.20. The Morgan fingerprint density at radius 2 is 1.95 bits per heavy atom. The molecule has 1 aromatic heterocycles. The highest BCUT2D eigenvalue weighted by Gasteiger charge is 2.32. The van der Waals surface area contributed by atoms with Crippen LogP contribution in [0.3, 0.4) is 0 Å². The second-order valence-corrected chi connectivity index (χ2v) is 6.33. The first kappa shape index (κ1) is 15.8. The first-order valence-electron chi connectivity index (χ1n) is 7.85. The number of rotatable bonds is 6. The first-order chi connectivity index (χ1) is 10.0. The smallest absolute Gasteiger partial charge is 0.322 e. The second-order valence-electron chi connectivity index (χ2n) is 6.33. The SMILES string of the molecule is CCCNc1nc(NC2CCCCC2(C)C)nc(OC)n1. The van der Waals surface area contributed by atoms with Gasteiger partial charge in [-0.05, 0) is 24.7 Å². The van der Waals surface area contributed by atoms with Crippen LogP contribution in [0.25, 0.3) is 0 Å². The summed E-state index contributed by atoms with van der Waals surface area (Å²) in [4.78, 5) is 13.0. The first-order valence-corrected chi connectivity index (χ1v) is 7.85. The summed E-state index contributed by atoms with van der Waals surface area (Å²) in [5.74, 6) is 1.17. The van der Waals surface area contributed by atoms with Gasteiger partial charge in [-0.25, -0.2) is 0 Å². The van der Waals surface area contributed by atoms with Crippen molar-refractivity contribution in [1.29, 1.82) is 0 Å². The van der Waals surface area contributed by atoms with Crippen LogP contribution in [0.1, 0.15) is 52.9 Å². The summed E-state index contributed by atoms with van der Waals surface area (Å²) >= 11 is 0. The summed E-state index contributed by atoms with van der Waals surface area (Å²) < 4.78 is 5.17. The molecule has 6 nitrogen and oxygen atoms in total. The van der Waals surface area contributed by atoms with Crippen molar-refractivity contribution < 1.29 is 4.74 Å². The molecule has 1 aliphatic rings. The predicted octanol–water partition coefficient (Wildman–Crippen LogP) is 3.08. The van der Waals surface area contributed by atoms with E-state index in [4.69, 9.17) is 4.74 Å². The number of hydrogen-bond donors (Lipinski definition) is 2. The molecule has 2 N–H and O–H groups in total. The third kappa shape index (κ3) is 4.19. The van der Waals surface area contributed by atoms with Gasteiger partial charge in [-0.1, -0.05) is 33.6 Å². The van der Waals surface area contributed by atoms with Crippen molar-refractivity contribution in [2.75, 3.05) is 24.3 Å². The molecule has 0 amide bonds. The van der Waals surface area contributed by atoms with Crippen LogP contribution in [0.15, 0.2) is 0 Å². The van der Waals surface area contributed by atoms with Crippen LogP contribution in [0.2, 0.25) is 0 Å².